The van der Waals surface area contributed by atoms with Crippen molar-refractivity contribution in [1.29, 1.82) is 0 Å². The van der Waals surface area contributed by atoms with Crippen molar-refractivity contribution in [3.63, 3.8) is 0 Å². The second-order valence-corrected chi connectivity index (χ2v) is 6.45. The van der Waals surface area contributed by atoms with Gasteiger partial charge in [0.15, 0.2) is 0 Å². The van der Waals surface area contributed by atoms with Gasteiger partial charge in [-0.2, -0.15) is 0 Å². The van der Waals surface area contributed by atoms with Gasteiger partial charge in [-0.25, -0.2) is 0 Å². The van der Waals surface area contributed by atoms with Gasteiger partial charge in [-0.3, -0.25) is 9.69 Å². The third-order valence-corrected chi connectivity index (χ3v) is 4.86. The molecule has 0 bridgehead atoms. The summed E-state index contributed by atoms with van der Waals surface area (Å²) in [6.07, 6.45) is 2.09. The lowest BCUT2D eigenvalue weighted by atomic mass is 9.91. The zero-order valence-electron chi connectivity index (χ0n) is 12.0. The van der Waals surface area contributed by atoms with Crippen molar-refractivity contribution in [3.8, 4) is 0 Å². The highest BCUT2D eigenvalue weighted by atomic mass is 35.5. The second kappa shape index (κ2) is 5.95. The number of carbonyl (C=O) groups is 1. The van der Waals surface area contributed by atoms with Crippen LogP contribution in [-0.2, 0) is 21.5 Å². The van der Waals surface area contributed by atoms with E-state index in [1.165, 1.54) is 0 Å². The maximum Gasteiger partial charge on any atom is 0.304 e. The molecule has 4 nitrogen and oxygen atoms in total. The molecule has 0 unspecified atom stereocenters. The molecule has 1 heterocycles. The van der Waals surface area contributed by atoms with Crippen molar-refractivity contribution in [1.82, 2.24) is 4.90 Å². The van der Waals surface area contributed by atoms with Crippen LogP contribution in [0.3, 0.4) is 0 Å². The fourth-order valence-corrected chi connectivity index (χ4v) is 3.25. The summed E-state index contributed by atoms with van der Waals surface area (Å²) in [6.45, 7) is 4.24. The van der Waals surface area contributed by atoms with Crippen LogP contribution in [0, 0.1) is 0 Å². The molecule has 21 heavy (non-hydrogen) atoms. The zero-order valence-corrected chi connectivity index (χ0v) is 12.7. The standard InChI is InChI=1S/C16H20ClNO3/c17-14-9-13(16(3-4-16)10-15(19)20)2-1-12(14)11-18-5-7-21-8-6-18/h1-2,9H,3-8,10-11H2,(H,19,20). The number of benzene rings is 1. The minimum absolute atomic E-state index is 0.174. The fourth-order valence-electron chi connectivity index (χ4n) is 3.01. The van der Waals surface area contributed by atoms with Gasteiger partial charge in [0, 0.05) is 30.1 Å². The smallest absolute Gasteiger partial charge is 0.304 e. The first-order chi connectivity index (χ1) is 10.1. The number of rotatable bonds is 5. The van der Waals surface area contributed by atoms with Gasteiger partial charge in [0.25, 0.3) is 0 Å². The Kier molecular flexibility index (Phi) is 4.20. The van der Waals surface area contributed by atoms with Crippen LogP contribution >= 0.6 is 11.6 Å². The summed E-state index contributed by atoms with van der Waals surface area (Å²) in [5, 5.41) is 9.79. The minimum Gasteiger partial charge on any atom is -0.481 e. The van der Waals surface area contributed by atoms with Crippen LogP contribution in [0.2, 0.25) is 5.02 Å². The van der Waals surface area contributed by atoms with Crippen LogP contribution in [0.4, 0.5) is 0 Å². The molecule has 0 aromatic heterocycles. The Morgan fingerprint density at radius 2 is 2.05 bits per heavy atom. The lowest BCUT2D eigenvalue weighted by Gasteiger charge is -2.27. The Bertz CT molecular complexity index is 536. The highest BCUT2D eigenvalue weighted by molar-refractivity contribution is 6.31. The quantitative estimate of drug-likeness (QED) is 0.908. The van der Waals surface area contributed by atoms with Crippen LogP contribution in [0.1, 0.15) is 30.4 Å². The summed E-state index contributed by atoms with van der Waals surface area (Å²) in [5.41, 5.74) is 2.00. The number of nitrogens with zero attached hydrogens (tertiary/aromatic N) is 1. The molecular formula is C16H20ClNO3. The Morgan fingerprint density at radius 3 is 2.62 bits per heavy atom. The van der Waals surface area contributed by atoms with Crippen LogP contribution in [0.25, 0.3) is 0 Å². The maximum absolute atomic E-state index is 11.0. The normalized spacial score (nSPS) is 21.2. The SMILES string of the molecule is O=C(O)CC1(c2ccc(CN3CCOCC3)c(Cl)c2)CC1. The largest absolute Gasteiger partial charge is 0.481 e. The molecule has 1 N–H and O–H groups in total. The second-order valence-electron chi connectivity index (χ2n) is 6.05. The zero-order chi connectivity index (χ0) is 14.9. The van der Waals surface area contributed by atoms with E-state index in [0.717, 1.165) is 61.8 Å². The van der Waals surface area contributed by atoms with Gasteiger partial charge in [0.1, 0.15) is 0 Å². The number of carboxylic acids is 1. The Labute approximate surface area is 129 Å². The van der Waals surface area contributed by atoms with Crippen molar-refractivity contribution in [2.24, 2.45) is 0 Å². The van der Waals surface area contributed by atoms with Crippen molar-refractivity contribution in [3.05, 3.63) is 34.3 Å². The van der Waals surface area contributed by atoms with Crippen LogP contribution in [0.5, 0.6) is 0 Å². The van der Waals surface area contributed by atoms with E-state index in [1.54, 1.807) is 0 Å². The van der Waals surface area contributed by atoms with E-state index < -0.39 is 5.97 Å². The van der Waals surface area contributed by atoms with Crippen molar-refractivity contribution < 1.29 is 14.6 Å². The fraction of sp³-hybridized carbons (Fsp3) is 0.562. The summed E-state index contributed by atoms with van der Waals surface area (Å²) >= 11 is 6.41. The predicted octanol–water partition coefficient (Wildman–Crippen LogP) is 2.68. The van der Waals surface area contributed by atoms with E-state index in [4.69, 9.17) is 21.4 Å². The number of carboxylic acid groups (broad SMARTS) is 1. The molecule has 1 aromatic rings. The summed E-state index contributed by atoms with van der Waals surface area (Å²) in [5.74, 6) is -0.735. The molecule has 114 valence electrons. The van der Waals surface area contributed by atoms with E-state index in [-0.39, 0.29) is 11.8 Å². The molecule has 1 aliphatic heterocycles. The monoisotopic (exact) mass is 309 g/mol. The molecule has 1 saturated carbocycles. The molecule has 5 heteroatoms. The van der Waals surface area contributed by atoms with E-state index in [1.807, 2.05) is 6.07 Å². The topological polar surface area (TPSA) is 49.8 Å². The van der Waals surface area contributed by atoms with Gasteiger partial charge in [-0.05, 0) is 30.0 Å². The number of hydrogen-bond donors (Lipinski definition) is 1. The van der Waals surface area contributed by atoms with E-state index in [0.29, 0.717) is 0 Å². The minimum atomic E-state index is -0.735. The van der Waals surface area contributed by atoms with Gasteiger partial charge in [-0.15, -0.1) is 0 Å². The Balaban J connectivity index is 1.72. The number of ether oxygens (including phenoxy) is 1. The van der Waals surface area contributed by atoms with Crippen LogP contribution in [0.15, 0.2) is 18.2 Å². The predicted molar refractivity (Wildman–Crippen MR) is 80.7 cm³/mol. The number of aliphatic carboxylic acids is 1. The van der Waals surface area contributed by atoms with Crippen LogP contribution in [-0.4, -0.2) is 42.3 Å². The van der Waals surface area contributed by atoms with Crippen molar-refractivity contribution >= 4 is 17.6 Å². The number of halogens is 1. The highest BCUT2D eigenvalue weighted by Crippen LogP contribution is 2.51. The lowest BCUT2D eigenvalue weighted by Crippen LogP contribution is -2.35. The van der Waals surface area contributed by atoms with Crippen LogP contribution < -0.4 is 0 Å². The number of morpholine rings is 1. The maximum atomic E-state index is 11.0. The summed E-state index contributed by atoms with van der Waals surface area (Å²) in [4.78, 5) is 13.3. The van der Waals surface area contributed by atoms with E-state index >= 15 is 0 Å². The summed E-state index contributed by atoms with van der Waals surface area (Å²) in [6, 6.07) is 6.07. The summed E-state index contributed by atoms with van der Waals surface area (Å²) < 4.78 is 5.35. The molecule has 2 fully saturated rings. The van der Waals surface area contributed by atoms with Gasteiger partial charge in [0.05, 0.1) is 19.6 Å². The average molecular weight is 310 g/mol. The molecule has 1 aromatic carbocycles. The molecule has 1 saturated heterocycles. The Hall–Kier alpha value is -1.10. The molecule has 0 amide bonds. The number of hydrogen-bond acceptors (Lipinski definition) is 3. The molecule has 1 aliphatic carbocycles. The molecular weight excluding hydrogens is 290 g/mol. The van der Waals surface area contributed by atoms with Crippen molar-refractivity contribution in [2.75, 3.05) is 26.3 Å². The third-order valence-electron chi connectivity index (χ3n) is 4.51. The average Bonchev–Trinajstić information content (AvgIpc) is 3.22. The first kappa shape index (κ1) is 14.8. The molecule has 3 rings (SSSR count). The molecule has 0 spiro atoms. The van der Waals surface area contributed by atoms with E-state index in [9.17, 15) is 4.79 Å². The molecule has 0 radical (unpaired) electrons. The van der Waals surface area contributed by atoms with E-state index in [2.05, 4.69) is 17.0 Å². The van der Waals surface area contributed by atoms with Crippen molar-refractivity contribution in [2.45, 2.75) is 31.2 Å². The Morgan fingerprint density at radius 1 is 1.33 bits per heavy atom. The molecule has 2 aliphatic rings. The van der Waals surface area contributed by atoms with Gasteiger partial charge >= 0.3 is 5.97 Å². The van der Waals surface area contributed by atoms with Gasteiger partial charge in [-0.1, -0.05) is 23.7 Å². The van der Waals surface area contributed by atoms with Gasteiger partial charge in [0.2, 0.25) is 0 Å². The van der Waals surface area contributed by atoms with Gasteiger partial charge < -0.3 is 9.84 Å². The third kappa shape index (κ3) is 3.39. The summed E-state index contributed by atoms with van der Waals surface area (Å²) in [7, 11) is 0. The first-order valence-corrected chi connectivity index (χ1v) is 7.78. The first-order valence-electron chi connectivity index (χ1n) is 7.40. The highest BCUT2D eigenvalue weighted by Gasteiger charge is 2.46. The lowest BCUT2D eigenvalue weighted by molar-refractivity contribution is -0.137. The molecule has 0 atom stereocenters.